The Kier molecular flexibility index (Phi) is 10.3. The quantitative estimate of drug-likeness (QED) is 0.374. The minimum atomic E-state index is -0.554. The third-order valence-electron chi connectivity index (χ3n) is 7.47. The molecule has 0 atom stereocenters. The van der Waals surface area contributed by atoms with Crippen LogP contribution in [0.25, 0.3) is 0 Å². The standard InChI is InChI=1S/C34H43FN2O3/c1-25(2)14-15-37-16-17-39-18-19-40-32-13-12-28(22-29(32)21-26-8-7-9-27(20-26)23-37)33(38)36-24-34(3,4)30-10-5-6-11-31(30)35/h5-13,20,22,25H,14-19,21,23-24H2,1-4H3,(H,36,38). The van der Waals surface area contributed by atoms with Crippen LogP contribution in [0.2, 0.25) is 0 Å². The Morgan fingerprint density at radius 3 is 2.60 bits per heavy atom. The number of rotatable bonds is 7. The molecule has 40 heavy (non-hydrogen) atoms. The fourth-order valence-corrected chi connectivity index (χ4v) is 5.04. The Balaban J connectivity index is 1.52. The van der Waals surface area contributed by atoms with Gasteiger partial charge in [0.2, 0.25) is 0 Å². The molecule has 3 aromatic carbocycles. The number of benzene rings is 3. The number of ether oxygens (including phenoxy) is 2. The normalized spacial score (nSPS) is 15.2. The Hall–Kier alpha value is -3.22. The molecule has 0 spiro atoms. The lowest BCUT2D eigenvalue weighted by molar-refractivity contribution is 0.0764. The van der Waals surface area contributed by atoms with Gasteiger partial charge in [0.15, 0.2) is 0 Å². The molecule has 1 heterocycles. The van der Waals surface area contributed by atoms with Crippen LogP contribution in [-0.4, -0.2) is 50.3 Å². The number of halogens is 1. The largest absolute Gasteiger partial charge is 0.491 e. The molecule has 0 aromatic heterocycles. The molecule has 0 saturated carbocycles. The molecule has 214 valence electrons. The van der Waals surface area contributed by atoms with E-state index < -0.39 is 5.41 Å². The van der Waals surface area contributed by atoms with E-state index in [0.29, 0.717) is 49.8 Å². The predicted octanol–water partition coefficient (Wildman–Crippen LogP) is 6.38. The molecule has 0 saturated heterocycles. The first-order valence-corrected chi connectivity index (χ1v) is 14.4. The van der Waals surface area contributed by atoms with Gasteiger partial charge in [0.1, 0.15) is 18.2 Å². The molecule has 0 fully saturated rings. The minimum absolute atomic E-state index is 0.190. The summed E-state index contributed by atoms with van der Waals surface area (Å²) in [6.45, 7) is 13.1. The molecule has 4 rings (SSSR count). The molecular formula is C34H43FN2O3. The van der Waals surface area contributed by atoms with E-state index >= 15 is 0 Å². The van der Waals surface area contributed by atoms with E-state index in [4.69, 9.17) is 9.47 Å². The van der Waals surface area contributed by atoms with Gasteiger partial charge >= 0.3 is 0 Å². The lowest BCUT2D eigenvalue weighted by Crippen LogP contribution is -2.37. The monoisotopic (exact) mass is 546 g/mol. The van der Waals surface area contributed by atoms with Crippen molar-refractivity contribution in [2.75, 3.05) is 39.5 Å². The van der Waals surface area contributed by atoms with Crippen LogP contribution in [0.1, 0.15) is 66.7 Å². The average molecular weight is 547 g/mol. The van der Waals surface area contributed by atoms with Crippen molar-refractivity contribution < 1.29 is 18.7 Å². The second kappa shape index (κ2) is 13.9. The number of nitrogens with one attached hydrogen (secondary N) is 1. The summed E-state index contributed by atoms with van der Waals surface area (Å²) < 4.78 is 26.4. The van der Waals surface area contributed by atoms with Gasteiger partial charge in [-0.2, -0.15) is 0 Å². The van der Waals surface area contributed by atoms with E-state index in [0.717, 1.165) is 37.4 Å². The van der Waals surface area contributed by atoms with Crippen LogP contribution < -0.4 is 10.1 Å². The third kappa shape index (κ3) is 8.39. The van der Waals surface area contributed by atoms with Gasteiger partial charge < -0.3 is 14.8 Å². The molecule has 2 bridgehead atoms. The first kappa shape index (κ1) is 29.8. The van der Waals surface area contributed by atoms with Gasteiger partial charge in [0, 0.05) is 37.0 Å². The zero-order valence-electron chi connectivity index (χ0n) is 24.3. The van der Waals surface area contributed by atoms with E-state index in [1.54, 1.807) is 18.2 Å². The average Bonchev–Trinajstić information content (AvgIpc) is 2.92. The topological polar surface area (TPSA) is 50.8 Å². The second-order valence-electron chi connectivity index (χ2n) is 11.8. The van der Waals surface area contributed by atoms with Crippen LogP contribution >= 0.6 is 0 Å². The summed E-state index contributed by atoms with van der Waals surface area (Å²) in [5.41, 5.74) is 3.98. The molecule has 5 nitrogen and oxygen atoms in total. The molecule has 1 amide bonds. The van der Waals surface area contributed by atoms with Crippen molar-refractivity contribution >= 4 is 5.91 Å². The summed E-state index contributed by atoms with van der Waals surface area (Å²) in [7, 11) is 0. The highest BCUT2D eigenvalue weighted by molar-refractivity contribution is 5.94. The van der Waals surface area contributed by atoms with E-state index in [1.807, 2.05) is 32.0 Å². The Morgan fingerprint density at radius 2 is 1.80 bits per heavy atom. The smallest absolute Gasteiger partial charge is 0.251 e. The Morgan fingerprint density at radius 1 is 1.00 bits per heavy atom. The van der Waals surface area contributed by atoms with Gasteiger partial charge in [-0.25, -0.2) is 4.39 Å². The highest BCUT2D eigenvalue weighted by atomic mass is 19.1. The molecule has 6 heteroatoms. The number of fused-ring (bicyclic) bond motifs is 3. The number of hydrogen-bond acceptors (Lipinski definition) is 4. The van der Waals surface area contributed by atoms with Crippen LogP contribution in [-0.2, 0) is 23.1 Å². The maximum absolute atomic E-state index is 14.4. The van der Waals surface area contributed by atoms with Crippen molar-refractivity contribution in [3.05, 3.63) is 100 Å². The number of carbonyl (C=O) groups excluding carboxylic acids is 1. The van der Waals surface area contributed by atoms with Crippen LogP contribution in [0.15, 0.2) is 66.7 Å². The molecule has 3 aromatic rings. The van der Waals surface area contributed by atoms with Crippen molar-refractivity contribution in [2.24, 2.45) is 5.92 Å². The van der Waals surface area contributed by atoms with Crippen molar-refractivity contribution in [1.82, 2.24) is 10.2 Å². The summed E-state index contributed by atoms with van der Waals surface area (Å²) in [5.74, 6) is 0.957. The zero-order chi connectivity index (χ0) is 28.5. The van der Waals surface area contributed by atoms with E-state index in [9.17, 15) is 9.18 Å². The van der Waals surface area contributed by atoms with Gasteiger partial charge in [-0.15, -0.1) is 0 Å². The van der Waals surface area contributed by atoms with E-state index in [1.165, 1.54) is 17.2 Å². The highest BCUT2D eigenvalue weighted by Gasteiger charge is 2.25. The lowest BCUT2D eigenvalue weighted by atomic mass is 9.84. The SMILES string of the molecule is CC(C)CCN1CCOCCOc2ccc(C(=O)NCC(C)(C)c3ccccc3F)cc2Cc2cccc(c2)C1. The first-order chi connectivity index (χ1) is 19.2. The van der Waals surface area contributed by atoms with E-state index in [-0.39, 0.29) is 11.7 Å². The molecule has 0 unspecified atom stereocenters. The molecule has 1 aliphatic heterocycles. The van der Waals surface area contributed by atoms with Crippen molar-refractivity contribution in [1.29, 1.82) is 0 Å². The second-order valence-corrected chi connectivity index (χ2v) is 11.8. The maximum atomic E-state index is 14.4. The number of nitrogens with zero attached hydrogens (tertiary/aromatic N) is 1. The van der Waals surface area contributed by atoms with Gasteiger partial charge in [-0.1, -0.05) is 70.2 Å². The fraction of sp³-hybridized carbons (Fsp3) is 0.441. The molecule has 0 aliphatic carbocycles. The van der Waals surface area contributed by atoms with Crippen molar-refractivity contribution in [2.45, 2.75) is 52.5 Å². The summed E-state index contributed by atoms with van der Waals surface area (Å²) in [4.78, 5) is 15.7. The Bertz CT molecular complexity index is 1270. The van der Waals surface area contributed by atoms with Crippen molar-refractivity contribution in [3.8, 4) is 5.75 Å². The summed E-state index contributed by atoms with van der Waals surface area (Å²) in [6.07, 6.45) is 1.80. The lowest BCUT2D eigenvalue weighted by Gasteiger charge is -2.26. The summed E-state index contributed by atoms with van der Waals surface area (Å²) >= 11 is 0. The van der Waals surface area contributed by atoms with Crippen molar-refractivity contribution in [3.63, 3.8) is 0 Å². The first-order valence-electron chi connectivity index (χ1n) is 14.4. The third-order valence-corrected chi connectivity index (χ3v) is 7.47. The van der Waals surface area contributed by atoms with Crippen LogP contribution in [0.3, 0.4) is 0 Å². The summed E-state index contributed by atoms with van der Waals surface area (Å²) in [6, 6.07) is 21.0. The molecular weight excluding hydrogens is 503 g/mol. The van der Waals surface area contributed by atoms with Gasteiger partial charge in [0.25, 0.3) is 5.91 Å². The molecule has 1 N–H and O–H groups in total. The zero-order valence-corrected chi connectivity index (χ0v) is 24.3. The molecule has 1 aliphatic rings. The number of carbonyl (C=O) groups is 1. The van der Waals surface area contributed by atoms with Crippen LogP contribution in [0.5, 0.6) is 5.75 Å². The highest BCUT2D eigenvalue weighted by Crippen LogP contribution is 2.27. The summed E-state index contributed by atoms with van der Waals surface area (Å²) in [5, 5.41) is 3.01. The fourth-order valence-electron chi connectivity index (χ4n) is 5.04. The minimum Gasteiger partial charge on any atom is -0.491 e. The number of hydrogen-bond donors (Lipinski definition) is 1. The van der Waals surface area contributed by atoms with Gasteiger partial charge in [0.05, 0.1) is 13.2 Å². The van der Waals surface area contributed by atoms with Crippen LogP contribution in [0.4, 0.5) is 4.39 Å². The maximum Gasteiger partial charge on any atom is 0.251 e. The number of amides is 1. The van der Waals surface area contributed by atoms with Crippen LogP contribution in [0, 0.1) is 11.7 Å². The van der Waals surface area contributed by atoms with E-state index in [2.05, 4.69) is 48.3 Å². The Labute approximate surface area is 238 Å². The van der Waals surface area contributed by atoms with Gasteiger partial charge in [-0.05, 0) is 65.4 Å². The predicted molar refractivity (Wildman–Crippen MR) is 158 cm³/mol. The van der Waals surface area contributed by atoms with Gasteiger partial charge in [-0.3, -0.25) is 9.69 Å². The molecule has 0 radical (unpaired) electrons.